The molecule has 0 saturated heterocycles. The van der Waals surface area contributed by atoms with E-state index in [4.69, 9.17) is 14.2 Å². The maximum Gasteiger partial charge on any atom is 0.306 e. The van der Waals surface area contributed by atoms with E-state index in [1.165, 1.54) is 193 Å². The molecule has 0 spiro atoms. The first-order chi connectivity index (χ1) is 40.0. The average molecular weight is 1130 g/mol. The molecule has 1 unspecified atom stereocenters. The molecule has 0 amide bonds. The van der Waals surface area contributed by atoms with E-state index in [0.717, 1.165) is 103 Å². The molecule has 0 radical (unpaired) electrons. The second kappa shape index (κ2) is 68.8. The third-order valence-electron chi connectivity index (χ3n) is 15.1. The highest BCUT2D eigenvalue weighted by atomic mass is 16.6. The zero-order valence-electron chi connectivity index (χ0n) is 53.5. The molecule has 0 aromatic carbocycles. The van der Waals surface area contributed by atoms with Gasteiger partial charge >= 0.3 is 17.9 Å². The smallest absolute Gasteiger partial charge is 0.306 e. The Morgan fingerprint density at radius 1 is 0.259 bits per heavy atom. The molecular weight excluding hydrogens is 997 g/mol. The number of hydrogen-bond acceptors (Lipinski definition) is 6. The lowest BCUT2D eigenvalue weighted by molar-refractivity contribution is -0.167. The number of carbonyl (C=O) groups excluding carboxylic acids is 3. The van der Waals surface area contributed by atoms with Gasteiger partial charge in [-0.2, -0.15) is 0 Å². The fourth-order valence-corrected chi connectivity index (χ4v) is 9.90. The van der Waals surface area contributed by atoms with Gasteiger partial charge in [-0.25, -0.2) is 0 Å². The summed E-state index contributed by atoms with van der Waals surface area (Å²) in [6, 6.07) is 0. The molecule has 6 heteroatoms. The van der Waals surface area contributed by atoms with Crippen molar-refractivity contribution in [3.05, 3.63) is 97.2 Å². The fraction of sp³-hybridized carbons (Fsp3) is 0.747. The second-order valence-corrected chi connectivity index (χ2v) is 23.1. The van der Waals surface area contributed by atoms with Crippen molar-refractivity contribution in [1.82, 2.24) is 0 Å². The Morgan fingerprint density at radius 3 is 0.802 bits per heavy atom. The lowest BCUT2D eigenvalue weighted by Crippen LogP contribution is -2.30. The number of rotatable bonds is 63. The molecule has 0 fully saturated rings. The van der Waals surface area contributed by atoms with E-state index >= 15 is 0 Å². The van der Waals surface area contributed by atoms with E-state index in [0.29, 0.717) is 19.3 Å². The number of carbonyl (C=O) groups is 3. The molecule has 0 aromatic rings. The van der Waals surface area contributed by atoms with Gasteiger partial charge in [0.05, 0.1) is 0 Å². The van der Waals surface area contributed by atoms with Crippen molar-refractivity contribution >= 4 is 17.9 Å². The topological polar surface area (TPSA) is 78.9 Å². The Morgan fingerprint density at radius 2 is 0.494 bits per heavy atom. The summed E-state index contributed by atoms with van der Waals surface area (Å²) in [5.41, 5.74) is 0. The van der Waals surface area contributed by atoms with Crippen molar-refractivity contribution in [2.45, 2.75) is 348 Å². The maximum absolute atomic E-state index is 12.9. The van der Waals surface area contributed by atoms with Crippen LogP contribution in [0.4, 0.5) is 0 Å². The quantitative estimate of drug-likeness (QED) is 0.0261. The number of ether oxygens (including phenoxy) is 3. The van der Waals surface area contributed by atoms with Crippen LogP contribution in [0.3, 0.4) is 0 Å². The molecule has 0 aliphatic carbocycles. The van der Waals surface area contributed by atoms with Crippen LogP contribution in [0, 0.1) is 0 Å². The summed E-state index contributed by atoms with van der Waals surface area (Å²) in [6.45, 7) is 6.51. The molecule has 0 saturated carbocycles. The van der Waals surface area contributed by atoms with Crippen LogP contribution in [-0.4, -0.2) is 37.2 Å². The lowest BCUT2D eigenvalue weighted by Gasteiger charge is -2.18. The second-order valence-electron chi connectivity index (χ2n) is 23.1. The summed E-state index contributed by atoms with van der Waals surface area (Å²) in [5, 5.41) is 0. The number of hydrogen-bond donors (Lipinski definition) is 0. The van der Waals surface area contributed by atoms with Gasteiger partial charge in [0, 0.05) is 19.3 Å². The normalized spacial score (nSPS) is 12.7. The van der Waals surface area contributed by atoms with Gasteiger partial charge in [-0.1, -0.05) is 323 Å². The summed E-state index contributed by atoms with van der Waals surface area (Å²) in [7, 11) is 0. The molecule has 1 atom stereocenters. The summed E-state index contributed by atoms with van der Waals surface area (Å²) in [4.78, 5) is 38.4. The standard InChI is InChI=1S/C75H130O6/c1-4-7-10-13-16-19-22-25-28-30-32-34-36-37-38-40-41-43-45-47-50-53-56-59-62-65-68-74(77)80-71-72(70-79-73(76)67-64-61-58-55-52-49-27-24-21-18-15-12-9-6-3)81-75(78)69-66-63-60-57-54-51-48-46-44-42-39-35-33-31-29-26-23-20-17-14-11-8-5-2/h8,11,17,20,24,26-27,29,33,35,42,44,48,51,57,60,72H,4-7,9-10,12-16,18-19,21-23,25,28,30-32,34,36-41,43,45-47,49-50,52-56,58-59,61-71H2,1-3H3/b11-8-,20-17-,27-24-,29-26-,35-33-,44-42-,51-48-,60-57-. The van der Waals surface area contributed by atoms with Gasteiger partial charge in [-0.3, -0.25) is 14.4 Å². The van der Waals surface area contributed by atoms with Crippen molar-refractivity contribution < 1.29 is 28.6 Å². The Kier molecular flexibility index (Phi) is 65.7. The minimum atomic E-state index is -0.813. The van der Waals surface area contributed by atoms with Crippen LogP contribution in [0.15, 0.2) is 97.2 Å². The Bertz CT molecular complexity index is 1580. The minimum Gasteiger partial charge on any atom is -0.462 e. The van der Waals surface area contributed by atoms with Crippen LogP contribution in [0.2, 0.25) is 0 Å². The number of esters is 3. The van der Waals surface area contributed by atoms with Crippen molar-refractivity contribution in [2.24, 2.45) is 0 Å². The third kappa shape index (κ3) is 67.0. The maximum atomic E-state index is 12.9. The van der Waals surface area contributed by atoms with E-state index in [-0.39, 0.29) is 37.5 Å². The SMILES string of the molecule is CC/C=C\C/C=C\C/C=C\C/C=C\C/C=C\C/C=C\C/C=C\CCCC(=O)OC(COC(=O)CCCCCCC/C=C\CCCCCCC)COC(=O)CCCCCCCCCCCCCCCCCCCCCCCCCCCC. The van der Waals surface area contributed by atoms with Crippen LogP contribution in [-0.2, 0) is 28.6 Å². The van der Waals surface area contributed by atoms with Crippen LogP contribution in [0.5, 0.6) is 0 Å². The van der Waals surface area contributed by atoms with Crippen LogP contribution in [0.25, 0.3) is 0 Å². The van der Waals surface area contributed by atoms with Gasteiger partial charge in [0.25, 0.3) is 0 Å². The van der Waals surface area contributed by atoms with E-state index in [1.54, 1.807) is 0 Å². The predicted molar refractivity (Wildman–Crippen MR) is 353 cm³/mol. The molecule has 0 bridgehead atoms. The molecule has 466 valence electrons. The molecule has 0 aromatic heterocycles. The molecular formula is C75H130O6. The van der Waals surface area contributed by atoms with Crippen LogP contribution >= 0.6 is 0 Å². The van der Waals surface area contributed by atoms with Gasteiger partial charge in [-0.15, -0.1) is 0 Å². The third-order valence-corrected chi connectivity index (χ3v) is 15.1. The van der Waals surface area contributed by atoms with Gasteiger partial charge < -0.3 is 14.2 Å². The zero-order chi connectivity index (χ0) is 58.5. The molecule has 0 aliphatic rings. The molecule has 0 heterocycles. The predicted octanol–water partition coefficient (Wildman–Crippen LogP) is 24.0. The first kappa shape index (κ1) is 77.3. The summed E-state index contributed by atoms with van der Waals surface area (Å²) in [6.07, 6.45) is 93.0. The van der Waals surface area contributed by atoms with E-state index in [9.17, 15) is 14.4 Å². The number of unbranched alkanes of at least 4 members (excludes halogenated alkanes) is 36. The zero-order valence-corrected chi connectivity index (χ0v) is 53.5. The molecule has 0 N–H and O–H groups in total. The Hall–Kier alpha value is -3.67. The van der Waals surface area contributed by atoms with Crippen LogP contribution < -0.4 is 0 Å². The minimum absolute atomic E-state index is 0.101. The first-order valence-corrected chi connectivity index (χ1v) is 34.7. The molecule has 6 nitrogen and oxygen atoms in total. The summed E-state index contributed by atoms with van der Waals surface area (Å²) in [5.74, 6) is -0.955. The number of allylic oxidation sites excluding steroid dienone is 16. The van der Waals surface area contributed by atoms with Crippen molar-refractivity contribution in [2.75, 3.05) is 13.2 Å². The highest BCUT2D eigenvalue weighted by molar-refractivity contribution is 5.71. The first-order valence-electron chi connectivity index (χ1n) is 34.7. The summed E-state index contributed by atoms with van der Waals surface area (Å²) >= 11 is 0. The van der Waals surface area contributed by atoms with Crippen molar-refractivity contribution in [3.63, 3.8) is 0 Å². The van der Waals surface area contributed by atoms with Crippen LogP contribution in [0.1, 0.15) is 342 Å². The lowest BCUT2D eigenvalue weighted by atomic mass is 10.0. The van der Waals surface area contributed by atoms with E-state index in [2.05, 4.69) is 118 Å². The summed E-state index contributed by atoms with van der Waals surface area (Å²) < 4.78 is 16.9. The molecule has 81 heavy (non-hydrogen) atoms. The van der Waals surface area contributed by atoms with Crippen molar-refractivity contribution in [3.8, 4) is 0 Å². The van der Waals surface area contributed by atoms with E-state index < -0.39 is 6.10 Å². The van der Waals surface area contributed by atoms with E-state index in [1.807, 2.05) is 0 Å². The highest BCUT2D eigenvalue weighted by Gasteiger charge is 2.19. The van der Waals surface area contributed by atoms with Gasteiger partial charge in [0.15, 0.2) is 6.10 Å². The van der Waals surface area contributed by atoms with Gasteiger partial charge in [-0.05, 0) is 96.3 Å². The molecule has 0 aliphatic heterocycles. The fourth-order valence-electron chi connectivity index (χ4n) is 9.90. The average Bonchev–Trinajstić information content (AvgIpc) is 3.47. The van der Waals surface area contributed by atoms with Gasteiger partial charge in [0.1, 0.15) is 13.2 Å². The molecule has 0 rings (SSSR count). The Labute approximate surface area is 502 Å². The highest BCUT2D eigenvalue weighted by Crippen LogP contribution is 2.17. The monoisotopic (exact) mass is 1130 g/mol. The van der Waals surface area contributed by atoms with Gasteiger partial charge in [0.2, 0.25) is 0 Å². The largest absolute Gasteiger partial charge is 0.462 e. The Balaban J connectivity index is 4.37. The van der Waals surface area contributed by atoms with Crippen molar-refractivity contribution in [1.29, 1.82) is 0 Å².